The predicted octanol–water partition coefficient (Wildman–Crippen LogP) is 3.65. The number of anilines is 3. The maximum Gasteiger partial charge on any atom is 0.221 e. The highest BCUT2D eigenvalue weighted by molar-refractivity contribution is 5.88. The quantitative estimate of drug-likeness (QED) is 0.890. The van der Waals surface area contributed by atoms with E-state index < -0.39 is 0 Å². The largest absolute Gasteiger partial charge is 0.340 e. The number of hydrogen-bond donors (Lipinski definition) is 2. The predicted molar refractivity (Wildman–Crippen MR) is 82.4 cm³/mol. The molecule has 20 heavy (non-hydrogen) atoms. The number of para-hydroxylation sites is 1. The lowest BCUT2D eigenvalue weighted by Gasteiger charge is -2.13. The molecule has 0 bridgehead atoms. The summed E-state index contributed by atoms with van der Waals surface area (Å²) < 4.78 is 0. The van der Waals surface area contributed by atoms with Gasteiger partial charge in [-0.3, -0.25) is 4.79 Å². The van der Waals surface area contributed by atoms with Crippen molar-refractivity contribution in [2.45, 2.75) is 27.2 Å². The average molecular weight is 269 g/mol. The molecule has 2 rings (SSSR count). The number of pyridine rings is 1. The van der Waals surface area contributed by atoms with Gasteiger partial charge in [-0.05, 0) is 36.6 Å². The maximum atomic E-state index is 11.0. The summed E-state index contributed by atoms with van der Waals surface area (Å²) in [5.41, 5.74) is 4.26. The monoisotopic (exact) mass is 269 g/mol. The summed E-state index contributed by atoms with van der Waals surface area (Å²) in [5.74, 6) is 0.669. The van der Waals surface area contributed by atoms with Crippen LogP contribution in [-0.2, 0) is 11.2 Å². The van der Waals surface area contributed by atoms with Crippen LogP contribution in [-0.4, -0.2) is 10.9 Å². The summed E-state index contributed by atoms with van der Waals surface area (Å²) in [5, 5.41) is 6.05. The van der Waals surface area contributed by atoms with Crippen molar-refractivity contribution in [2.24, 2.45) is 0 Å². The third-order valence-electron chi connectivity index (χ3n) is 3.08. The molecule has 104 valence electrons. The standard InChI is InChI=1S/C16H19N3O/c1-4-13-7-5-6-11(2)16(13)19-15-9-8-14(10-17-15)18-12(3)20/h5-10H,4H2,1-3H3,(H,17,19)(H,18,20). The number of aromatic nitrogens is 1. The van der Waals surface area contributed by atoms with E-state index in [0.717, 1.165) is 17.9 Å². The van der Waals surface area contributed by atoms with Gasteiger partial charge in [0.25, 0.3) is 0 Å². The molecule has 1 amide bonds. The summed E-state index contributed by atoms with van der Waals surface area (Å²) in [7, 11) is 0. The molecule has 0 aliphatic heterocycles. The molecule has 1 aromatic heterocycles. The van der Waals surface area contributed by atoms with E-state index in [1.807, 2.05) is 12.1 Å². The van der Waals surface area contributed by atoms with Crippen LogP contribution < -0.4 is 10.6 Å². The molecule has 0 spiro atoms. The first-order chi connectivity index (χ1) is 9.60. The number of hydrogen-bond acceptors (Lipinski definition) is 3. The molecule has 1 heterocycles. The Bertz CT molecular complexity index is 606. The second-order valence-corrected chi connectivity index (χ2v) is 4.70. The van der Waals surface area contributed by atoms with Gasteiger partial charge in [-0.15, -0.1) is 0 Å². The van der Waals surface area contributed by atoms with E-state index >= 15 is 0 Å². The molecule has 4 nitrogen and oxygen atoms in total. The van der Waals surface area contributed by atoms with Crippen molar-refractivity contribution in [3.8, 4) is 0 Å². The number of nitrogens with zero attached hydrogens (tertiary/aromatic N) is 1. The minimum absolute atomic E-state index is 0.0975. The van der Waals surface area contributed by atoms with Crippen LogP contribution in [0.15, 0.2) is 36.5 Å². The van der Waals surface area contributed by atoms with E-state index in [-0.39, 0.29) is 5.91 Å². The van der Waals surface area contributed by atoms with Gasteiger partial charge in [0, 0.05) is 12.6 Å². The van der Waals surface area contributed by atoms with Crippen LogP contribution in [0, 0.1) is 6.92 Å². The topological polar surface area (TPSA) is 54.0 Å². The van der Waals surface area contributed by atoms with Gasteiger partial charge in [0.1, 0.15) is 5.82 Å². The van der Waals surface area contributed by atoms with E-state index in [4.69, 9.17) is 0 Å². The number of carbonyl (C=O) groups excluding carboxylic acids is 1. The fourth-order valence-corrected chi connectivity index (χ4v) is 2.08. The summed E-state index contributed by atoms with van der Waals surface area (Å²) >= 11 is 0. The molecule has 1 aromatic carbocycles. The SMILES string of the molecule is CCc1cccc(C)c1Nc1ccc(NC(C)=O)cn1. The van der Waals surface area contributed by atoms with Crippen molar-refractivity contribution in [1.29, 1.82) is 0 Å². The minimum atomic E-state index is -0.0975. The lowest BCUT2D eigenvalue weighted by atomic mass is 10.1. The molecule has 0 radical (unpaired) electrons. The molecule has 0 saturated carbocycles. The number of nitrogens with one attached hydrogen (secondary N) is 2. The van der Waals surface area contributed by atoms with Crippen LogP contribution in [0.4, 0.5) is 17.2 Å². The highest BCUT2D eigenvalue weighted by Gasteiger charge is 2.05. The first-order valence-corrected chi connectivity index (χ1v) is 6.69. The minimum Gasteiger partial charge on any atom is -0.340 e. The zero-order valence-electron chi connectivity index (χ0n) is 12.0. The number of aryl methyl sites for hydroxylation is 2. The van der Waals surface area contributed by atoms with E-state index in [2.05, 4.69) is 47.7 Å². The van der Waals surface area contributed by atoms with Gasteiger partial charge >= 0.3 is 0 Å². The molecular formula is C16H19N3O. The lowest BCUT2D eigenvalue weighted by Crippen LogP contribution is -2.06. The van der Waals surface area contributed by atoms with Gasteiger partial charge < -0.3 is 10.6 Å². The smallest absolute Gasteiger partial charge is 0.221 e. The number of amides is 1. The first-order valence-electron chi connectivity index (χ1n) is 6.69. The summed E-state index contributed by atoms with van der Waals surface area (Å²) in [6.45, 7) is 5.69. The van der Waals surface area contributed by atoms with E-state index in [1.165, 1.54) is 18.1 Å². The number of benzene rings is 1. The van der Waals surface area contributed by atoms with Gasteiger partial charge in [-0.2, -0.15) is 0 Å². The molecule has 0 unspecified atom stereocenters. The molecule has 2 aromatic rings. The Morgan fingerprint density at radius 2 is 2.05 bits per heavy atom. The third-order valence-corrected chi connectivity index (χ3v) is 3.08. The zero-order valence-corrected chi connectivity index (χ0v) is 12.0. The second-order valence-electron chi connectivity index (χ2n) is 4.70. The molecule has 0 aliphatic carbocycles. The van der Waals surface area contributed by atoms with Crippen LogP contribution in [0.2, 0.25) is 0 Å². The molecule has 0 aliphatic rings. The van der Waals surface area contributed by atoms with E-state index in [0.29, 0.717) is 5.69 Å². The maximum absolute atomic E-state index is 11.0. The molecular weight excluding hydrogens is 250 g/mol. The Kier molecular flexibility index (Phi) is 4.35. The highest BCUT2D eigenvalue weighted by Crippen LogP contribution is 2.24. The van der Waals surface area contributed by atoms with Gasteiger partial charge in [0.15, 0.2) is 0 Å². The molecule has 0 saturated heterocycles. The molecule has 0 fully saturated rings. The van der Waals surface area contributed by atoms with Crippen molar-refractivity contribution in [3.63, 3.8) is 0 Å². The zero-order chi connectivity index (χ0) is 14.5. The lowest BCUT2D eigenvalue weighted by molar-refractivity contribution is -0.114. The van der Waals surface area contributed by atoms with Crippen LogP contribution in [0.1, 0.15) is 25.0 Å². The van der Waals surface area contributed by atoms with Gasteiger partial charge in [0.05, 0.1) is 11.9 Å². The van der Waals surface area contributed by atoms with E-state index in [1.54, 1.807) is 6.20 Å². The number of carbonyl (C=O) groups is 1. The van der Waals surface area contributed by atoms with Crippen molar-refractivity contribution in [1.82, 2.24) is 4.98 Å². The Hall–Kier alpha value is -2.36. The van der Waals surface area contributed by atoms with Crippen molar-refractivity contribution in [3.05, 3.63) is 47.7 Å². The Morgan fingerprint density at radius 3 is 2.65 bits per heavy atom. The van der Waals surface area contributed by atoms with Gasteiger partial charge in [0.2, 0.25) is 5.91 Å². The van der Waals surface area contributed by atoms with Gasteiger partial charge in [-0.1, -0.05) is 25.1 Å². The fourth-order valence-electron chi connectivity index (χ4n) is 2.08. The van der Waals surface area contributed by atoms with Crippen molar-refractivity contribution in [2.75, 3.05) is 10.6 Å². The van der Waals surface area contributed by atoms with E-state index in [9.17, 15) is 4.79 Å². The Balaban J connectivity index is 2.20. The first kappa shape index (κ1) is 14.1. The number of rotatable bonds is 4. The average Bonchev–Trinajstić information content (AvgIpc) is 2.42. The summed E-state index contributed by atoms with van der Waals surface area (Å²) in [6, 6.07) is 9.94. The van der Waals surface area contributed by atoms with Crippen LogP contribution in [0.3, 0.4) is 0 Å². The molecule has 4 heteroatoms. The summed E-state index contributed by atoms with van der Waals surface area (Å²) in [6.07, 6.45) is 2.61. The van der Waals surface area contributed by atoms with Gasteiger partial charge in [-0.25, -0.2) is 4.98 Å². The van der Waals surface area contributed by atoms with Crippen LogP contribution in [0.5, 0.6) is 0 Å². The molecule has 2 N–H and O–H groups in total. The van der Waals surface area contributed by atoms with Crippen molar-refractivity contribution < 1.29 is 4.79 Å². The Labute approximate surface area is 119 Å². The normalized spacial score (nSPS) is 10.2. The van der Waals surface area contributed by atoms with Crippen molar-refractivity contribution >= 4 is 23.1 Å². The summed E-state index contributed by atoms with van der Waals surface area (Å²) in [4.78, 5) is 15.3. The molecule has 0 atom stereocenters. The Morgan fingerprint density at radius 1 is 1.25 bits per heavy atom. The highest BCUT2D eigenvalue weighted by atomic mass is 16.1. The van der Waals surface area contributed by atoms with Crippen LogP contribution in [0.25, 0.3) is 0 Å². The van der Waals surface area contributed by atoms with Crippen LogP contribution >= 0.6 is 0 Å². The fraction of sp³-hybridized carbons (Fsp3) is 0.250. The third kappa shape index (κ3) is 3.35. The second kappa shape index (κ2) is 6.19.